The molecule has 134 valence electrons. The van der Waals surface area contributed by atoms with E-state index in [9.17, 15) is 15.3 Å². The molecule has 1 heterocycles. The lowest BCUT2D eigenvalue weighted by Gasteiger charge is -2.03. The van der Waals surface area contributed by atoms with Crippen molar-refractivity contribution in [2.24, 2.45) is 4.99 Å². The molecule has 0 bridgehead atoms. The van der Waals surface area contributed by atoms with Gasteiger partial charge in [-0.3, -0.25) is 0 Å². The second kappa shape index (κ2) is 6.89. The molecule has 3 aromatic rings. The monoisotopic (exact) mass is 375 g/mol. The Bertz CT molecular complexity index is 1060. The van der Waals surface area contributed by atoms with Crippen LogP contribution in [0.3, 0.4) is 0 Å². The molecule has 10 heteroatoms. The number of aryl methyl sites for hydroxylation is 1. The molecule has 0 saturated heterocycles. The van der Waals surface area contributed by atoms with Crippen molar-refractivity contribution in [3.8, 4) is 11.4 Å². The quantitative estimate of drug-likeness (QED) is 0.428. The van der Waals surface area contributed by atoms with Gasteiger partial charge in [0.05, 0.1) is 22.9 Å². The van der Waals surface area contributed by atoms with Crippen molar-refractivity contribution < 1.29 is 14.9 Å². The van der Waals surface area contributed by atoms with Crippen molar-refractivity contribution >= 4 is 23.1 Å². The van der Waals surface area contributed by atoms with Crippen LogP contribution in [0.2, 0.25) is 5.02 Å². The highest BCUT2D eigenvalue weighted by Gasteiger charge is 2.24. The van der Waals surface area contributed by atoms with Crippen LogP contribution in [0.15, 0.2) is 47.5 Å². The predicted octanol–water partition coefficient (Wildman–Crippen LogP) is 3.02. The predicted molar refractivity (Wildman–Crippen MR) is 93.4 cm³/mol. The van der Waals surface area contributed by atoms with Crippen LogP contribution in [-0.4, -0.2) is 32.0 Å². The molecule has 0 saturated carbocycles. The highest BCUT2D eigenvalue weighted by atomic mass is 35.5. The first-order valence-electron chi connectivity index (χ1n) is 7.42. The minimum atomic E-state index is -0.717. The van der Waals surface area contributed by atoms with E-state index in [-0.39, 0.29) is 10.5 Å². The topological polar surface area (TPSA) is 108 Å². The number of hydrogen-bond acceptors (Lipinski definition) is 6. The normalized spacial score (nSPS) is 11.6. The fourth-order valence-corrected chi connectivity index (χ4v) is 2.61. The van der Waals surface area contributed by atoms with E-state index in [1.54, 1.807) is 37.3 Å². The lowest BCUT2D eigenvalue weighted by atomic mass is 10.2. The number of hydrogen-bond donors (Lipinski definition) is 1. The summed E-state index contributed by atoms with van der Waals surface area (Å²) >= 11 is 6.05. The third-order valence-corrected chi connectivity index (χ3v) is 3.93. The van der Waals surface area contributed by atoms with Gasteiger partial charge in [-0.05, 0) is 46.5 Å². The zero-order valence-corrected chi connectivity index (χ0v) is 14.6. The van der Waals surface area contributed by atoms with Gasteiger partial charge in [0.1, 0.15) is 11.4 Å². The van der Waals surface area contributed by atoms with Gasteiger partial charge >= 0.3 is 5.82 Å². The van der Waals surface area contributed by atoms with Crippen LogP contribution in [0.4, 0.5) is 11.5 Å². The average Bonchev–Trinajstić information content (AvgIpc) is 2.92. The Kier molecular flexibility index (Phi) is 4.63. The molecule has 26 heavy (non-hydrogen) atoms. The van der Waals surface area contributed by atoms with Crippen molar-refractivity contribution in [3.63, 3.8) is 0 Å². The Labute approximate surface area is 152 Å². The van der Waals surface area contributed by atoms with E-state index in [0.29, 0.717) is 22.0 Å². The molecule has 0 spiro atoms. The second-order valence-electron chi connectivity index (χ2n) is 5.30. The largest absolute Gasteiger partial charge is 0.495 e. The van der Waals surface area contributed by atoms with Crippen LogP contribution < -0.4 is 10.2 Å². The van der Waals surface area contributed by atoms with Crippen molar-refractivity contribution in [2.45, 2.75) is 6.92 Å². The highest BCUT2D eigenvalue weighted by Crippen LogP contribution is 2.28. The first kappa shape index (κ1) is 17.5. The van der Waals surface area contributed by atoms with Crippen LogP contribution >= 0.6 is 11.6 Å². The molecule has 0 atom stereocenters. The zero-order chi connectivity index (χ0) is 18.8. The summed E-state index contributed by atoms with van der Waals surface area (Å²) in [4.78, 5) is 16.3. The maximum atomic E-state index is 11.4. The van der Waals surface area contributed by atoms with Crippen LogP contribution in [0, 0.1) is 17.0 Å². The molecule has 0 fully saturated rings. The van der Waals surface area contributed by atoms with Crippen LogP contribution in [0.5, 0.6) is 5.75 Å². The minimum absolute atomic E-state index is 0.284. The molecule has 0 aliphatic heterocycles. The third-order valence-electron chi connectivity index (χ3n) is 3.63. The summed E-state index contributed by atoms with van der Waals surface area (Å²) in [7, 11) is 1.47. The van der Waals surface area contributed by atoms with Crippen molar-refractivity contribution in [1.29, 1.82) is 0 Å². The maximum absolute atomic E-state index is 11.4. The van der Waals surface area contributed by atoms with Gasteiger partial charge in [-0.15, -0.1) is 0 Å². The molecule has 0 unspecified atom stereocenters. The number of methoxy groups -OCH3 is 1. The molecule has 3 rings (SSSR count). The van der Waals surface area contributed by atoms with E-state index in [1.165, 1.54) is 13.2 Å². The van der Waals surface area contributed by atoms with Gasteiger partial charge in [0.25, 0.3) is 5.49 Å². The lowest BCUT2D eigenvalue weighted by Crippen LogP contribution is -2.22. The number of nitrogens with zero attached hydrogens (tertiary/aromatic N) is 5. The summed E-state index contributed by atoms with van der Waals surface area (Å²) in [5.74, 6) is -0.157. The number of rotatable bonds is 4. The molecule has 0 aliphatic carbocycles. The first-order valence-corrected chi connectivity index (χ1v) is 7.80. The number of benzene rings is 2. The molecule has 2 aromatic carbocycles. The van der Waals surface area contributed by atoms with Gasteiger partial charge in [-0.25, -0.2) is 4.99 Å². The van der Waals surface area contributed by atoms with Crippen LogP contribution in [0.25, 0.3) is 5.69 Å². The van der Waals surface area contributed by atoms with E-state index in [4.69, 9.17) is 16.3 Å². The summed E-state index contributed by atoms with van der Waals surface area (Å²) in [5, 5.41) is 25.9. The van der Waals surface area contributed by atoms with Gasteiger partial charge in [0.2, 0.25) is 0 Å². The van der Waals surface area contributed by atoms with Crippen LogP contribution in [-0.2, 0) is 0 Å². The van der Waals surface area contributed by atoms with Gasteiger partial charge in [-0.1, -0.05) is 34.6 Å². The summed E-state index contributed by atoms with van der Waals surface area (Å²) in [6.45, 7) is 1.79. The van der Waals surface area contributed by atoms with E-state index in [2.05, 4.69) is 10.1 Å². The lowest BCUT2D eigenvalue weighted by molar-refractivity contribution is -0.391. The zero-order valence-electron chi connectivity index (χ0n) is 13.8. The van der Waals surface area contributed by atoms with E-state index < -0.39 is 10.7 Å². The van der Waals surface area contributed by atoms with E-state index in [1.807, 2.05) is 6.07 Å². The maximum Gasteiger partial charge on any atom is 0.438 e. The second-order valence-corrected chi connectivity index (χ2v) is 5.71. The summed E-state index contributed by atoms with van der Waals surface area (Å²) in [6.07, 6.45) is 0. The van der Waals surface area contributed by atoms with Crippen LogP contribution in [0.1, 0.15) is 5.56 Å². The Balaban J connectivity index is 2.23. The minimum Gasteiger partial charge on any atom is -0.495 e. The Morgan fingerprint density at radius 3 is 2.65 bits per heavy atom. The van der Waals surface area contributed by atoms with E-state index >= 15 is 0 Å². The van der Waals surface area contributed by atoms with Gasteiger partial charge in [-0.2, -0.15) is 0 Å². The van der Waals surface area contributed by atoms with Crippen molar-refractivity contribution in [2.75, 3.05) is 7.11 Å². The Morgan fingerprint density at radius 1 is 1.31 bits per heavy atom. The van der Waals surface area contributed by atoms with Crippen molar-refractivity contribution in [1.82, 2.24) is 14.7 Å². The van der Waals surface area contributed by atoms with E-state index in [0.717, 1.165) is 10.4 Å². The SMILES string of the molecule is COc1ccc(N=c2c([N+](=O)[O-])nn(-c3ccccc3C)n2O)cc1Cl. The summed E-state index contributed by atoms with van der Waals surface area (Å²) < 4.78 is 5.06. The highest BCUT2D eigenvalue weighted by molar-refractivity contribution is 6.32. The molecule has 0 radical (unpaired) electrons. The van der Waals surface area contributed by atoms with Gasteiger partial charge < -0.3 is 20.1 Å². The Morgan fingerprint density at radius 2 is 2.04 bits per heavy atom. The third kappa shape index (κ3) is 3.11. The van der Waals surface area contributed by atoms with Crippen molar-refractivity contribution in [3.05, 3.63) is 68.7 Å². The smallest absolute Gasteiger partial charge is 0.438 e. The number of aromatic nitrogens is 3. The number of nitro groups is 1. The molecular weight excluding hydrogens is 362 g/mol. The first-order chi connectivity index (χ1) is 12.4. The number of ether oxygens (including phenoxy) is 1. The number of para-hydroxylation sites is 1. The fourth-order valence-electron chi connectivity index (χ4n) is 2.36. The molecule has 1 N–H and O–H groups in total. The molecule has 9 nitrogen and oxygen atoms in total. The average molecular weight is 376 g/mol. The molecule has 0 amide bonds. The van der Waals surface area contributed by atoms with Gasteiger partial charge in [0, 0.05) is 0 Å². The number of halogens is 1. The summed E-state index contributed by atoms with van der Waals surface area (Å²) in [6, 6.07) is 11.6. The molecule has 1 aromatic heterocycles. The Hall–Kier alpha value is -3.33. The fraction of sp³-hybridized carbons (Fsp3) is 0.125. The summed E-state index contributed by atoms with van der Waals surface area (Å²) in [5.41, 5.74) is 1.21. The molecular formula is C16H14ClN5O4. The van der Waals surface area contributed by atoms with Gasteiger partial charge in [0.15, 0.2) is 0 Å². The standard InChI is InChI=1S/C16H14ClN5O4/c1-10-5-3-4-6-13(10)20-19-16(22(24)25)15(21(20)23)18-11-7-8-14(26-2)12(17)9-11/h3-9,23H,1-2H3. The molecule has 0 aliphatic rings.